The number of ether oxygens (including phenoxy) is 2. The van der Waals surface area contributed by atoms with Crippen LogP contribution in [0.15, 0.2) is 66.7 Å². The molecule has 4 nitrogen and oxygen atoms in total. The summed E-state index contributed by atoms with van der Waals surface area (Å²) >= 11 is 0. The molecule has 0 bridgehead atoms. The number of amides is 1. The smallest absolute Gasteiger partial charge is 0.261 e. The first-order valence-electron chi connectivity index (χ1n) is 8.81. The van der Waals surface area contributed by atoms with E-state index in [1.165, 1.54) is 0 Å². The van der Waals surface area contributed by atoms with E-state index in [0.717, 1.165) is 22.1 Å². The fourth-order valence-electron chi connectivity index (χ4n) is 2.79. The van der Waals surface area contributed by atoms with Crippen LogP contribution in [0.5, 0.6) is 11.5 Å². The van der Waals surface area contributed by atoms with Gasteiger partial charge in [-0.25, -0.2) is 0 Å². The Hall–Kier alpha value is -3.01. The molecule has 3 aromatic carbocycles. The van der Waals surface area contributed by atoms with Crippen LogP contribution in [0.4, 0.5) is 0 Å². The van der Waals surface area contributed by atoms with Gasteiger partial charge in [-0.05, 0) is 43.0 Å². The monoisotopic (exact) mass is 349 g/mol. The van der Waals surface area contributed by atoms with Crippen molar-refractivity contribution < 1.29 is 14.3 Å². The minimum Gasteiger partial charge on any atom is -0.494 e. The number of carbonyl (C=O) groups is 1. The van der Waals surface area contributed by atoms with Gasteiger partial charge in [0.05, 0.1) is 6.61 Å². The van der Waals surface area contributed by atoms with E-state index in [4.69, 9.17) is 9.47 Å². The van der Waals surface area contributed by atoms with Crippen LogP contribution >= 0.6 is 0 Å². The standard InChI is InChI=1S/C22H23NO3/c1-3-25-19-11-6-8-17(14-19)15-23-22(24)16(2)26-21-13-7-10-18-9-4-5-12-20(18)21/h4-14,16H,3,15H2,1-2H3,(H,23,24)/t16-/m1/s1. The highest BCUT2D eigenvalue weighted by molar-refractivity contribution is 5.89. The zero-order chi connectivity index (χ0) is 18.4. The summed E-state index contributed by atoms with van der Waals surface area (Å²) in [6, 6.07) is 21.5. The molecule has 1 N–H and O–H groups in total. The lowest BCUT2D eigenvalue weighted by Crippen LogP contribution is -2.35. The molecular weight excluding hydrogens is 326 g/mol. The molecule has 0 aliphatic rings. The molecule has 1 atom stereocenters. The quantitative estimate of drug-likeness (QED) is 0.691. The summed E-state index contributed by atoms with van der Waals surface area (Å²) in [7, 11) is 0. The van der Waals surface area contributed by atoms with Crippen LogP contribution in [0.2, 0.25) is 0 Å². The van der Waals surface area contributed by atoms with E-state index in [1.807, 2.05) is 73.7 Å². The Bertz CT molecular complexity index is 886. The van der Waals surface area contributed by atoms with Crippen molar-refractivity contribution >= 4 is 16.7 Å². The fourth-order valence-corrected chi connectivity index (χ4v) is 2.79. The fraction of sp³-hybridized carbons (Fsp3) is 0.227. The third kappa shape index (κ3) is 4.33. The summed E-state index contributed by atoms with van der Waals surface area (Å²) in [5.74, 6) is 1.36. The van der Waals surface area contributed by atoms with Crippen LogP contribution in [-0.4, -0.2) is 18.6 Å². The van der Waals surface area contributed by atoms with Crippen LogP contribution in [0.25, 0.3) is 10.8 Å². The Morgan fingerprint density at radius 1 is 1.04 bits per heavy atom. The van der Waals surface area contributed by atoms with Gasteiger partial charge >= 0.3 is 0 Å². The minimum absolute atomic E-state index is 0.153. The van der Waals surface area contributed by atoms with Gasteiger partial charge in [-0.15, -0.1) is 0 Å². The Morgan fingerprint density at radius 2 is 1.81 bits per heavy atom. The maximum atomic E-state index is 12.4. The first kappa shape index (κ1) is 17.8. The molecule has 3 aromatic rings. The molecule has 0 aromatic heterocycles. The predicted octanol–water partition coefficient (Wildman–Crippen LogP) is 4.32. The van der Waals surface area contributed by atoms with E-state index >= 15 is 0 Å². The minimum atomic E-state index is -0.587. The maximum Gasteiger partial charge on any atom is 0.261 e. The van der Waals surface area contributed by atoms with Crippen LogP contribution in [0, 0.1) is 0 Å². The summed E-state index contributed by atoms with van der Waals surface area (Å²) in [6.07, 6.45) is -0.587. The zero-order valence-electron chi connectivity index (χ0n) is 15.1. The highest BCUT2D eigenvalue weighted by Crippen LogP contribution is 2.26. The highest BCUT2D eigenvalue weighted by atomic mass is 16.5. The van der Waals surface area contributed by atoms with Crippen molar-refractivity contribution in [1.82, 2.24) is 5.32 Å². The third-order valence-electron chi connectivity index (χ3n) is 4.10. The van der Waals surface area contributed by atoms with Crippen molar-refractivity contribution in [3.05, 3.63) is 72.3 Å². The van der Waals surface area contributed by atoms with Gasteiger partial charge in [-0.3, -0.25) is 4.79 Å². The van der Waals surface area contributed by atoms with E-state index in [1.54, 1.807) is 6.92 Å². The van der Waals surface area contributed by atoms with Crippen molar-refractivity contribution in [2.45, 2.75) is 26.5 Å². The van der Waals surface area contributed by atoms with Crippen LogP contribution in [0.3, 0.4) is 0 Å². The Kier molecular flexibility index (Phi) is 5.74. The lowest BCUT2D eigenvalue weighted by atomic mass is 10.1. The molecule has 0 aliphatic carbocycles. The average molecular weight is 349 g/mol. The lowest BCUT2D eigenvalue weighted by Gasteiger charge is -2.16. The summed E-state index contributed by atoms with van der Waals surface area (Å²) in [5, 5.41) is 5.00. The van der Waals surface area contributed by atoms with Crippen molar-refractivity contribution in [1.29, 1.82) is 0 Å². The summed E-state index contributed by atoms with van der Waals surface area (Å²) in [4.78, 5) is 12.4. The third-order valence-corrected chi connectivity index (χ3v) is 4.10. The normalized spacial score (nSPS) is 11.8. The molecule has 0 fully saturated rings. The summed E-state index contributed by atoms with van der Waals surface area (Å²) < 4.78 is 11.4. The van der Waals surface area contributed by atoms with Gasteiger partial charge in [0.2, 0.25) is 0 Å². The van der Waals surface area contributed by atoms with Crippen LogP contribution in [0.1, 0.15) is 19.4 Å². The molecule has 0 radical (unpaired) electrons. The number of nitrogens with one attached hydrogen (secondary N) is 1. The molecule has 26 heavy (non-hydrogen) atoms. The van der Waals surface area contributed by atoms with Crippen LogP contribution in [-0.2, 0) is 11.3 Å². The summed E-state index contributed by atoms with van der Waals surface area (Å²) in [5.41, 5.74) is 0.988. The second-order valence-corrected chi connectivity index (χ2v) is 6.04. The topological polar surface area (TPSA) is 47.6 Å². The Morgan fingerprint density at radius 3 is 2.65 bits per heavy atom. The SMILES string of the molecule is CCOc1cccc(CNC(=O)[C@@H](C)Oc2cccc3ccccc23)c1. The zero-order valence-corrected chi connectivity index (χ0v) is 15.1. The second-order valence-electron chi connectivity index (χ2n) is 6.04. The highest BCUT2D eigenvalue weighted by Gasteiger charge is 2.15. The van der Waals surface area contributed by atoms with E-state index in [2.05, 4.69) is 5.32 Å². The number of carbonyl (C=O) groups excluding carboxylic acids is 1. The average Bonchev–Trinajstić information content (AvgIpc) is 2.67. The van der Waals surface area contributed by atoms with Crippen LogP contribution < -0.4 is 14.8 Å². The molecule has 4 heteroatoms. The van der Waals surface area contributed by atoms with E-state index < -0.39 is 6.10 Å². The first-order chi connectivity index (χ1) is 12.7. The van der Waals surface area contributed by atoms with Gasteiger partial charge in [0, 0.05) is 11.9 Å². The number of rotatable bonds is 7. The van der Waals surface area contributed by atoms with E-state index in [-0.39, 0.29) is 5.91 Å². The van der Waals surface area contributed by atoms with Gasteiger partial charge < -0.3 is 14.8 Å². The molecule has 0 heterocycles. The second kappa shape index (κ2) is 8.39. The summed E-state index contributed by atoms with van der Waals surface area (Å²) in [6.45, 7) is 4.75. The number of benzene rings is 3. The number of hydrogen-bond donors (Lipinski definition) is 1. The molecule has 0 aliphatic heterocycles. The predicted molar refractivity (Wildman–Crippen MR) is 103 cm³/mol. The van der Waals surface area contributed by atoms with Crippen molar-refractivity contribution in [2.24, 2.45) is 0 Å². The van der Waals surface area contributed by atoms with Crippen molar-refractivity contribution in [3.63, 3.8) is 0 Å². The van der Waals surface area contributed by atoms with Gasteiger partial charge in [0.25, 0.3) is 5.91 Å². The van der Waals surface area contributed by atoms with Gasteiger partial charge in [0.15, 0.2) is 6.10 Å². The molecule has 0 saturated heterocycles. The first-order valence-corrected chi connectivity index (χ1v) is 8.81. The molecular formula is C22H23NO3. The number of fused-ring (bicyclic) bond motifs is 1. The largest absolute Gasteiger partial charge is 0.494 e. The van der Waals surface area contributed by atoms with Gasteiger partial charge in [0.1, 0.15) is 11.5 Å². The molecule has 0 unspecified atom stereocenters. The lowest BCUT2D eigenvalue weighted by molar-refractivity contribution is -0.127. The van der Waals surface area contributed by atoms with E-state index in [9.17, 15) is 4.79 Å². The number of hydrogen-bond acceptors (Lipinski definition) is 3. The Labute approximate surface area is 153 Å². The molecule has 0 spiro atoms. The van der Waals surface area contributed by atoms with Crippen molar-refractivity contribution in [2.75, 3.05) is 6.61 Å². The Balaban J connectivity index is 1.62. The maximum absolute atomic E-state index is 12.4. The van der Waals surface area contributed by atoms with Crippen molar-refractivity contribution in [3.8, 4) is 11.5 Å². The van der Waals surface area contributed by atoms with Gasteiger partial charge in [-0.2, -0.15) is 0 Å². The molecule has 134 valence electrons. The molecule has 1 amide bonds. The molecule has 3 rings (SSSR count). The molecule has 0 saturated carbocycles. The van der Waals surface area contributed by atoms with E-state index in [0.29, 0.717) is 18.9 Å². The van der Waals surface area contributed by atoms with Gasteiger partial charge in [-0.1, -0.05) is 48.5 Å².